The molecule has 1 unspecified atom stereocenters. The molecular weight excluding hydrogens is 533 g/mol. The lowest BCUT2D eigenvalue weighted by atomic mass is 9.87. The monoisotopic (exact) mass is 571 g/mol. The summed E-state index contributed by atoms with van der Waals surface area (Å²) >= 11 is 0. The zero-order valence-corrected chi connectivity index (χ0v) is 23.9. The van der Waals surface area contributed by atoms with Crippen LogP contribution in [0.3, 0.4) is 0 Å². The minimum Gasteiger partial charge on any atom is -0.469 e. The first-order chi connectivity index (χ1) is 18.4. The number of hydrogen-bond donors (Lipinski definition) is 2. The molecule has 1 heterocycles. The van der Waals surface area contributed by atoms with E-state index in [1.54, 1.807) is 18.7 Å². The second-order valence-corrected chi connectivity index (χ2v) is 11.0. The van der Waals surface area contributed by atoms with Gasteiger partial charge in [-0.15, -0.1) is 0 Å². The number of phosphoric acid groups is 1. The van der Waals surface area contributed by atoms with E-state index in [2.05, 4.69) is 15.4 Å². The van der Waals surface area contributed by atoms with E-state index < -0.39 is 50.1 Å². The van der Waals surface area contributed by atoms with Gasteiger partial charge in [-0.05, 0) is 19.4 Å². The summed E-state index contributed by atoms with van der Waals surface area (Å²) in [4.78, 5) is 51.0. The van der Waals surface area contributed by atoms with E-state index in [0.717, 1.165) is 5.56 Å². The highest BCUT2D eigenvalue weighted by Crippen LogP contribution is 2.57. The molecule has 1 aliphatic heterocycles. The van der Waals surface area contributed by atoms with Gasteiger partial charge in [0.25, 0.3) is 0 Å². The summed E-state index contributed by atoms with van der Waals surface area (Å²) in [6.07, 6.45) is -2.02. The molecule has 0 bridgehead atoms. The van der Waals surface area contributed by atoms with Crippen molar-refractivity contribution in [3.05, 3.63) is 35.9 Å². The minimum absolute atomic E-state index is 0.00684. The number of ether oxygens (including phenoxy) is 2. The standard InChI is InChI=1S/C25H38N3O10P/c1-6-28(7-2)23(31)19(15-18-11-9-8-10-12-18)27-24(32)35-17-37-39(33)36-16-25(3,4)21(38-39)22(30)26-14-13-20(29)34-5/h8-12,19,21H,6-7,13-17H2,1-5H3,(H,26,30)(H,27,32)/t19-,21-,39?/m0/s1. The smallest absolute Gasteiger partial charge is 0.469 e. The van der Waals surface area contributed by atoms with E-state index in [1.807, 2.05) is 44.2 Å². The number of carbonyl (C=O) groups is 4. The van der Waals surface area contributed by atoms with E-state index in [1.165, 1.54) is 7.11 Å². The number of esters is 1. The average Bonchev–Trinajstić information content (AvgIpc) is 2.91. The SMILES string of the molecule is CCN(CC)C(=O)[C@H](Cc1ccccc1)NC(=O)OCOP1(=O)OCC(C)(C)[C@H](C(=O)NCCC(=O)OC)O1. The fourth-order valence-electron chi connectivity index (χ4n) is 3.71. The first kappa shape index (κ1) is 32.2. The second-order valence-electron chi connectivity index (χ2n) is 9.39. The zero-order valence-electron chi connectivity index (χ0n) is 23.0. The van der Waals surface area contributed by atoms with Gasteiger partial charge in [-0.3, -0.25) is 23.4 Å². The molecule has 1 aromatic carbocycles. The van der Waals surface area contributed by atoms with E-state index in [4.69, 9.17) is 18.3 Å². The van der Waals surface area contributed by atoms with Crippen molar-refractivity contribution in [3.63, 3.8) is 0 Å². The second kappa shape index (κ2) is 15.0. The molecule has 1 aromatic rings. The molecule has 39 heavy (non-hydrogen) atoms. The fourth-order valence-corrected chi connectivity index (χ4v) is 5.22. The molecule has 0 saturated carbocycles. The van der Waals surface area contributed by atoms with Crippen molar-refractivity contribution in [2.75, 3.05) is 40.1 Å². The van der Waals surface area contributed by atoms with E-state index in [9.17, 15) is 23.7 Å². The maximum absolute atomic E-state index is 13.0. The van der Waals surface area contributed by atoms with Gasteiger partial charge in [0.1, 0.15) is 6.04 Å². The van der Waals surface area contributed by atoms with Crippen molar-refractivity contribution >= 4 is 31.7 Å². The Morgan fingerprint density at radius 2 is 1.82 bits per heavy atom. The van der Waals surface area contributed by atoms with Gasteiger partial charge in [-0.1, -0.05) is 44.2 Å². The van der Waals surface area contributed by atoms with Gasteiger partial charge in [0.2, 0.25) is 18.6 Å². The summed E-state index contributed by atoms with van der Waals surface area (Å²) in [6, 6.07) is 8.28. The molecule has 13 nitrogen and oxygen atoms in total. The third-order valence-corrected chi connectivity index (χ3v) is 7.32. The fraction of sp³-hybridized carbons (Fsp3) is 0.600. The molecule has 14 heteroatoms. The van der Waals surface area contributed by atoms with Crippen molar-refractivity contribution in [1.82, 2.24) is 15.5 Å². The van der Waals surface area contributed by atoms with Gasteiger partial charge < -0.3 is 25.0 Å². The lowest BCUT2D eigenvalue weighted by Crippen LogP contribution is -2.50. The van der Waals surface area contributed by atoms with Crippen LogP contribution in [0.25, 0.3) is 0 Å². The molecule has 1 saturated heterocycles. The van der Waals surface area contributed by atoms with E-state index >= 15 is 0 Å². The Bertz CT molecular complexity index is 1030. The number of likely N-dealkylation sites (N-methyl/N-ethyl adjacent to an activating group) is 1. The number of alkyl carbamates (subject to hydrolysis) is 1. The van der Waals surface area contributed by atoms with Crippen LogP contribution in [0.2, 0.25) is 0 Å². The molecule has 3 atom stereocenters. The molecule has 0 radical (unpaired) electrons. The van der Waals surface area contributed by atoms with Gasteiger partial charge in [0, 0.05) is 31.5 Å². The summed E-state index contributed by atoms with van der Waals surface area (Å²) in [5.41, 5.74) is -0.0353. The Hall–Kier alpha value is -2.99. The maximum Gasteiger partial charge on any atom is 0.478 e. The van der Waals surface area contributed by atoms with E-state index in [-0.39, 0.29) is 31.9 Å². The molecule has 0 spiro atoms. The maximum atomic E-state index is 13.0. The van der Waals surface area contributed by atoms with Crippen LogP contribution >= 0.6 is 7.82 Å². The van der Waals surface area contributed by atoms with Crippen molar-refractivity contribution in [2.24, 2.45) is 5.41 Å². The molecule has 1 aliphatic rings. The summed E-state index contributed by atoms with van der Waals surface area (Å²) < 4.78 is 38.3. The van der Waals surface area contributed by atoms with Gasteiger partial charge in [0.05, 0.1) is 20.1 Å². The number of benzene rings is 1. The van der Waals surface area contributed by atoms with Crippen molar-refractivity contribution in [2.45, 2.75) is 52.7 Å². The Balaban J connectivity index is 1.96. The lowest BCUT2D eigenvalue weighted by Gasteiger charge is -2.39. The molecule has 0 aliphatic carbocycles. The molecular formula is C25H38N3O10P. The van der Waals surface area contributed by atoms with Crippen LogP contribution in [-0.4, -0.2) is 81.1 Å². The average molecular weight is 572 g/mol. The van der Waals surface area contributed by atoms with Gasteiger partial charge in [0.15, 0.2) is 6.10 Å². The lowest BCUT2D eigenvalue weighted by molar-refractivity contribution is -0.144. The minimum atomic E-state index is -4.28. The largest absolute Gasteiger partial charge is 0.478 e. The van der Waals surface area contributed by atoms with E-state index in [0.29, 0.717) is 13.1 Å². The van der Waals surface area contributed by atoms with Gasteiger partial charge >= 0.3 is 19.9 Å². The molecule has 1 fully saturated rings. The zero-order chi connectivity index (χ0) is 29.1. The van der Waals surface area contributed by atoms with Gasteiger partial charge in [-0.2, -0.15) is 0 Å². The third kappa shape index (κ3) is 9.92. The highest BCUT2D eigenvalue weighted by molar-refractivity contribution is 7.48. The highest BCUT2D eigenvalue weighted by Gasteiger charge is 2.49. The van der Waals surface area contributed by atoms with Crippen LogP contribution in [0.1, 0.15) is 39.7 Å². The summed E-state index contributed by atoms with van der Waals surface area (Å²) in [5, 5.41) is 5.06. The number of nitrogens with one attached hydrogen (secondary N) is 2. The Labute approximate surface area is 228 Å². The van der Waals surface area contributed by atoms with Crippen molar-refractivity contribution in [3.8, 4) is 0 Å². The first-order valence-electron chi connectivity index (χ1n) is 12.6. The normalized spacial score (nSPS) is 20.8. The van der Waals surface area contributed by atoms with Gasteiger partial charge in [-0.25, -0.2) is 13.9 Å². The Kier molecular flexibility index (Phi) is 12.4. The number of rotatable bonds is 13. The van der Waals surface area contributed by atoms with Crippen LogP contribution in [-0.2, 0) is 48.4 Å². The van der Waals surface area contributed by atoms with Crippen LogP contribution in [0.5, 0.6) is 0 Å². The van der Waals surface area contributed by atoms with Crippen LogP contribution in [0, 0.1) is 5.41 Å². The molecule has 2 N–H and O–H groups in total. The van der Waals surface area contributed by atoms with Crippen molar-refractivity contribution in [1.29, 1.82) is 0 Å². The number of methoxy groups -OCH3 is 1. The number of phosphoric ester groups is 1. The summed E-state index contributed by atoms with van der Waals surface area (Å²) in [7, 11) is -3.05. The summed E-state index contributed by atoms with van der Waals surface area (Å²) in [5.74, 6) is -1.40. The van der Waals surface area contributed by atoms with Crippen LogP contribution in [0.4, 0.5) is 4.79 Å². The quantitative estimate of drug-likeness (QED) is 0.205. The Morgan fingerprint density at radius 3 is 2.44 bits per heavy atom. The molecule has 0 aromatic heterocycles. The number of hydrogen-bond acceptors (Lipinski definition) is 10. The number of amides is 3. The van der Waals surface area contributed by atoms with Crippen LogP contribution < -0.4 is 10.6 Å². The Morgan fingerprint density at radius 1 is 1.15 bits per heavy atom. The van der Waals surface area contributed by atoms with Crippen LogP contribution in [0.15, 0.2) is 30.3 Å². The molecule has 218 valence electrons. The number of carbonyl (C=O) groups excluding carboxylic acids is 4. The molecule has 2 rings (SSSR count). The highest BCUT2D eigenvalue weighted by atomic mass is 31.2. The van der Waals surface area contributed by atoms with Crippen molar-refractivity contribution < 1.29 is 46.8 Å². The summed E-state index contributed by atoms with van der Waals surface area (Å²) in [6.45, 7) is 6.97. The third-order valence-electron chi connectivity index (χ3n) is 5.98. The number of nitrogens with zero attached hydrogens (tertiary/aromatic N) is 1. The first-order valence-corrected chi connectivity index (χ1v) is 14.1. The molecule has 3 amide bonds. The predicted octanol–water partition coefficient (Wildman–Crippen LogP) is 2.40. The topological polar surface area (TPSA) is 159 Å². The predicted molar refractivity (Wildman–Crippen MR) is 139 cm³/mol.